The Labute approximate surface area is 126 Å². The Kier molecular flexibility index (Phi) is 5.52. The molecule has 0 saturated carbocycles. The van der Waals surface area contributed by atoms with E-state index in [1.54, 1.807) is 0 Å². The third-order valence-corrected chi connectivity index (χ3v) is 4.18. The van der Waals surface area contributed by atoms with E-state index in [1.165, 1.54) is 5.56 Å². The number of pyridine rings is 1. The molecule has 3 N–H and O–H groups in total. The second-order valence-corrected chi connectivity index (χ2v) is 5.53. The Balaban J connectivity index is 1.90. The molecular weight excluding hydrogens is 266 g/mol. The van der Waals surface area contributed by atoms with Gasteiger partial charge in [-0.15, -0.1) is 0 Å². The van der Waals surface area contributed by atoms with Crippen LogP contribution in [0.3, 0.4) is 0 Å². The summed E-state index contributed by atoms with van der Waals surface area (Å²) >= 11 is 0. The van der Waals surface area contributed by atoms with Gasteiger partial charge in [-0.25, -0.2) is 0 Å². The van der Waals surface area contributed by atoms with E-state index in [9.17, 15) is 0 Å². The molecule has 21 heavy (non-hydrogen) atoms. The smallest absolute Gasteiger partial charge is 0.156 e. The first kappa shape index (κ1) is 15.7. The van der Waals surface area contributed by atoms with Gasteiger partial charge in [-0.05, 0) is 25.0 Å². The summed E-state index contributed by atoms with van der Waals surface area (Å²) in [6, 6.07) is 4.11. The second kappa shape index (κ2) is 7.38. The van der Waals surface area contributed by atoms with Crippen LogP contribution in [0.4, 0.5) is 0 Å². The highest BCUT2D eigenvalue weighted by molar-refractivity contribution is 5.85. The minimum absolute atomic E-state index is 0.0359. The highest BCUT2D eigenvalue weighted by Gasteiger charge is 2.25. The van der Waals surface area contributed by atoms with Crippen molar-refractivity contribution in [1.82, 2.24) is 14.8 Å². The molecule has 1 fully saturated rings. The Morgan fingerprint density at radius 1 is 1.43 bits per heavy atom. The van der Waals surface area contributed by atoms with Crippen molar-refractivity contribution in [3.63, 3.8) is 0 Å². The zero-order valence-corrected chi connectivity index (χ0v) is 12.9. The van der Waals surface area contributed by atoms with Gasteiger partial charge in [0.15, 0.2) is 5.84 Å². The molecule has 0 aromatic carbocycles. The van der Waals surface area contributed by atoms with Crippen molar-refractivity contribution < 1.29 is 5.21 Å². The number of nitrogens with two attached hydrogens (primary N) is 1. The average Bonchev–Trinajstić information content (AvgIpc) is 2.51. The van der Waals surface area contributed by atoms with E-state index in [2.05, 4.69) is 39.9 Å². The number of piperazine rings is 1. The maximum Gasteiger partial charge on any atom is 0.156 e. The Morgan fingerprint density at radius 3 is 2.71 bits per heavy atom. The van der Waals surface area contributed by atoms with Crippen molar-refractivity contribution in [2.45, 2.75) is 32.9 Å². The topological polar surface area (TPSA) is 78.0 Å². The molecule has 2 heterocycles. The fourth-order valence-corrected chi connectivity index (χ4v) is 2.85. The first-order valence-corrected chi connectivity index (χ1v) is 7.50. The number of hydrogen-bond donors (Lipinski definition) is 2. The van der Waals surface area contributed by atoms with Crippen LogP contribution in [-0.2, 0) is 6.54 Å². The maximum atomic E-state index is 8.86. The SMILES string of the molecule is CCC(/C(N)=N/O)N1CCN(Cc2ncccc2C)CC1. The van der Waals surface area contributed by atoms with Crippen molar-refractivity contribution >= 4 is 5.84 Å². The fourth-order valence-electron chi connectivity index (χ4n) is 2.85. The molecule has 1 aliphatic rings. The lowest BCUT2D eigenvalue weighted by atomic mass is 10.1. The van der Waals surface area contributed by atoms with Crippen LogP contribution in [0.2, 0.25) is 0 Å². The van der Waals surface area contributed by atoms with Crippen LogP contribution in [-0.4, -0.2) is 58.0 Å². The minimum Gasteiger partial charge on any atom is -0.409 e. The van der Waals surface area contributed by atoms with Crippen LogP contribution in [0.15, 0.2) is 23.5 Å². The average molecular weight is 291 g/mol. The van der Waals surface area contributed by atoms with Crippen molar-refractivity contribution in [3.05, 3.63) is 29.6 Å². The summed E-state index contributed by atoms with van der Waals surface area (Å²) in [4.78, 5) is 9.15. The van der Waals surface area contributed by atoms with Crippen molar-refractivity contribution in [3.8, 4) is 0 Å². The fraction of sp³-hybridized carbons (Fsp3) is 0.600. The van der Waals surface area contributed by atoms with E-state index in [1.807, 2.05) is 12.3 Å². The van der Waals surface area contributed by atoms with Crippen LogP contribution >= 0.6 is 0 Å². The number of aryl methyl sites for hydroxylation is 1. The molecule has 1 atom stereocenters. The monoisotopic (exact) mass is 291 g/mol. The minimum atomic E-state index is 0.0359. The van der Waals surface area contributed by atoms with E-state index in [0.717, 1.165) is 44.8 Å². The largest absolute Gasteiger partial charge is 0.409 e. The van der Waals surface area contributed by atoms with Gasteiger partial charge in [-0.3, -0.25) is 14.8 Å². The van der Waals surface area contributed by atoms with Gasteiger partial charge < -0.3 is 10.9 Å². The highest BCUT2D eigenvalue weighted by Crippen LogP contribution is 2.13. The highest BCUT2D eigenvalue weighted by atomic mass is 16.4. The van der Waals surface area contributed by atoms with Gasteiger partial charge in [0.1, 0.15) is 0 Å². The van der Waals surface area contributed by atoms with Gasteiger partial charge in [0.2, 0.25) is 0 Å². The molecule has 6 heteroatoms. The standard InChI is InChI=1S/C15H25N5O/c1-3-14(15(16)18-21)20-9-7-19(8-10-20)11-13-12(2)5-4-6-17-13/h4-6,14,21H,3,7-11H2,1-2H3,(H2,16,18). The molecule has 2 rings (SSSR count). The normalized spacial score (nSPS) is 19.6. The van der Waals surface area contributed by atoms with Crippen molar-refractivity contribution in [2.75, 3.05) is 26.2 Å². The Bertz CT molecular complexity index is 483. The van der Waals surface area contributed by atoms with Crippen LogP contribution in [0.25, 0.3) is 0 Å². The summed E-state index contributed by atoms with van der Waals surface area (Å²) in [5.41, 5.74) is 8.16. The molecule has 1 aromatic heterocycles. The molecular formula is C15H25N5O. The van der Waals surface area contributed by atoms with Crippen LogP contribution in [0.5, 0.6) is 0 Å². The zero-order chi connectivity index (χ0) is 15.2. The first-order chi connectivity index (χ1) is 10.2. The third kappa shape index (κ3) is 3.92. The second-order valence-electron chi connectivity index (χ2n) is 5.53. The van der Waals surface area contributed by atoms with Crippen molar-refractivity contribution in [2.24, 2.45) is 10.9 Å². The molecule has 1 aliphatic heterocycles. The van der Waals surface area contributed by atoms with Crippen LogP contribution in [0, 0.1) is 6.92 Å². The van der Waals surface area contributed by atoms with E-state index >= 15 is 0 Å². The molecule has 0 radical (unpaired) electrons. The molecule has 0 amide bonds. The lowest BCUT2D eigenvalue weighted by Gasteiger charge is -2.38. The van der Waals surface area contributed by atoms with Crippen LogP contribution < -0.4 is 5.73 Å². The predicted molar refractivity (Wildman–Crippen MR) is 83.3 cm³/mol. The van der Waals surface area contributed by atoms with E-state index in [0.29, 0.717) is 5.84 Å². The van der Waals surface area contributed by atoms with Crippen LogP contribution in [0.1, 0.15) is 24.6 Å². The zero-order valence-electron chi connectivity index (χ0n) is 12.9. The Hall–Kier alpha value is -1.66. The van der Waals surface area contributed by atoms with E-state index in [4.69, 9.17) is 10.9 Å². The van der Waals surface area contributed by atoms with Crippen molar-refractivity contribution in [1.29, 1.82) is 0 Å². The molecule has 1 saturated heterocycles. The lowest BCUT2D eigenvalue weighted by Crippen LogP contribution is -2.53. The van der Waals surface area contributed by atoms with Gasteiger partial charge in [0, 0.05) is 38.9 Å². The number of nitrogens with zero attached hydrogens (tertiary/aromatic N) is 4. The molecule has 6 nitrogen and oxygen atoms in total. The summed E-state index contributed by atoms with van der Waals surface area (Å²) in [5, 5.41) is 12.0. The molecule has 1 aromatic rings. The Morgan fingerprint density at radius 2 is 2.14 bits per heavy atom. The molecule has 1 unspecified atom stereocenters. The number of hydrogen-bond acceptors (Lipinski definition) is 5. The van der Waals surface area contributed by atoms with Gasteiger partial charge in [-0.2, -0.15) is 0 Å². The predicted octanol–water partition coefficient (Wildman–Crippen LogP) is 1.03. The number of oxime groups is 1. The third-order valence-electron chi connectivity index (χ3n) is 4.18. The summed E-state index contributed by atoms with van der Waals surface area (Å²) in [6.07, 6.45) is 2.71. The van der Waals surface area contributed by atoms with Gasteiger partial charge in [0.25, 0.3) is 0 Å². The molecule has 0 bridgehead atoms. The summed E-state index contributed by atoms with van der Waals surface area (Å²) < 4.78 is 0. The maximum absolute atomic E-state index is 8.86. The molecule has 116 valence electrons. The number of rotatable bonds is 5. The first-order valence-electron chi connectivity index (χ1n) is 7.50. The summed E-state index contributed by atoms with van der Waals surface area (Å²) in [7, 11) is 0. The van der Waals surface area contributed by atoms with Gasteiger partial charge >= 0.3 is 0 Å². The molecule has 0 spiro atoms. The summed E-state index contributed by atoms with van der Waals surface area (Å²) in [5.74, 6) is 0.312. The number of amidine groups is 1. The van der Waals surface area contributed by atoms with E-state index in [-0.39, 0.29) is 6.04 Å². The van der Waals surface area contributed by atoms with E-state index < -0.39 is 0 Å². The van der Waals surface area contributed by atoms with Gasteiger partial charge in [0.05, 0.1) is 11.7 Å². The number of aromatic nitrogens is 1. The lowest BCUT2D eigenvalue weighted by molar-refractivity contribution is 0.109. The summed E-state index contributed by atoms with van der Waals surface area (Å²) in [6.45, 7) is 8.87. The quantitative estimate of drug-likeness (QED) is 0.367. The van der Waals surface area contributed by atoms with Gasteiger partial charge in [-0.1, -0.05) is 18.1 Å². The molecule has 0 aliphatic carbocycles.